The maximum Gasteiger partial charge on any atom is 0.407 e. The third-order valence-corrected chi connectivity index (χ3v) is 6.00. The number of carboxylic acid groups (broad SMARTS) is 1. The summed E-state index contributed by atoms with van der Waals surface area (Å²) in [6.45, 7) is 4.16. The predicted molar refractivity (Wildman–Crippen MR) is 121 cm³/mol. The number of aliphatic carboxylic acids is 1. The Morgan fingerprint density at radius 2 is 1.59 bits per heavy atom. The average molecular weight is 439 g/mol. The summed E-state index contributed by atoms with van der Waals surface area (Å²) < 4.78 is 5.49. The van der Waals surface area contributed by atoms with Gasteiger partial charge in [0.2, 0.25) is 5.91 Å². The SMILES string of the molecule is CCC(CNC(=O)C(C)CCNC(=O)OCC1c2ccccc2-c2ccccc21)C(=O)O. The van der Waals surface area contributed by atoms with Crippen molar-refractivity contribution in [3.63, 3.8) is 0 Å². The molecule has 2 aromatic carbocycles. The lowest BCUT2D eigenvalue weighted by Crippen LogP contribution is -2.37. The molecule has 0 heterocycles. The van der Waals surface area contributed by atoms with E-state index in [1.165, 1.54) is 11.1 Å². The number of carbonyl (C=O) groups excluding carboxylic acids is 2. The van der Waals surface area contributed by atoms with Crippen LogP contribution in [-0.2, 0) is 14.3 Å². The predicted octanol–water partition coefficient (Wildman–Crippen LogP) is 3.78. The quantitative estimate of drug-likeness (QED) is 0.524. The van der Waals surface area contributed by atoms with Crippen molar-refractivity contribution in [1.82, 2.24) is 10.6 Å². The minimum Gasteiger partial charge on any atom is -0.481 e. The molecule has 2 atom stereocenters. The fourth-order valence-electron chi connectivity index (χ4n) is 3.98. The van der Waals surface area contributed by atoms with Crippen molar-refractivity contribution < 1.29 is 24.2 Å². The Morgan fingerprint density at radius 1 is 1.00 bits per heavy atom. The summed E-state index contributed by atoms with van der Waals surface area (Å²) in [5.74, 6) is -2.09. The van der Waals surface area contributed by atoms with E-state index in [0.29, 0.717) is 19.4 Å². The molecule has 1 aliphatic rings. The molecule has 0 fully saturated rings. The minimum atomic E-state index is -0.919. The Kier molecular flexibility index (Phi) is 7.87. The third kappa shape index (κ3) is 5.46. The van der Waals surface area contributed by atoms with Gasteiger partial charge in [-0.2, -0.15) is 0 Å². The lowest BCUT2D eigenvalue weighted by atomic mass is 9.98. The van der Waals surface area contributed by atoms with E-state index in [1.54, 1.807) is 13.8 Å². The first-order valence-electron chi connectivity index (χ1n) is 11.0. The molecule has 0 aromatic heterocycles. The lowest BCUT2D eigenvalue weighted by Gasteiger charge is -2.16. The number of ether oxygens (including phenoxy) is 1. The zero-order chi connectivity index (χ0) is 23.1. The second-order valence-corrected chi connectivity index (χ2v) is 8.13. The third-order valence-electron chi connectivity index (χ3n) is 6.00. The highest BCUT2D eigenvalue weighted by molar-refractivity contribution is 5.80. The first-order chi connectivity index (χ1) is 15.4. The summed E-state index contributed by atoms with van der Waals surface area (Å²) >= 11 is 0. The molecule has 170 valence electrons. The number of carbonyl (C=O) groups is 3. The van der Waals surface area contributed by atoms with Gasteiger partial charge in [-0.15, -0.1) is 0 Å². The van der Waals surface area contributed by atoms with Crippen molar-refractivity contribution in [1.29, 1.82) is 0 Å². The molecule has 0 saturated carbocycles. The summed E-state index contributed by atoms with van der Waals surface area (Å²) in [5.41, 5.74) is 4.65. The van der Waals surface area contributed by atoms with E-state index in [1.807, 2.05) is 24.3 Å². The summed E-state index contributed by atoms with van der Waals surface area (Å²) in [5, 5.41) is 14.4. The van der Waals surface area contributed by atoms with Crippen LogP contribution in [0.2, 0.25) is 0 Å². The van der Waals surface area contributed by atoms with Gasteiger partial charge in [-0.3, -0.25) is 9.59 Å². The van der Waals surface area contributed by atoms with E-state index in [4.69, 9.17) is 9.84 Å². The molecule has 0 spiro atoms. The highest BCUT2D eigenvalue weighted by Gasteiger charge is 2.29. The minimum absolute atomic E-state index is 0.00130. The second kappa shape index (κ2) is 10.8. The smallest absolute Gasteiger partial charge is 0.407 e. The fraction of sp³-hybridized carbons (Fsp3) is 0.400. The van der Waals surface area contributed by atoms with E-state index in [0.717, 1.165) is 11.1 Å². The molecular weight excluding hydrogens is 408 g/mol. The number of amides is 2. The fourth-order valence-corrected chi connectivity index (χ4v) is 3.98. The van der Waals surface area contributed by atoms with Gasteiger partial charge in [-0.05, 0) is 35.1 Å². The number of fused-ring (bicyclic) bond motifs is 3. The van der Waals surface area contributed by atoms with Crippen molar-refractivity contribution >= 4 is 18.0 Å². The van der Waals surface area contributed by atoms with Gasteiger partial charge in [-0.25, -0.2) is 4.79 Å². The zero-order valence-corrected chi connectivity index (χ0v) is 18.5. The van der Waals surface area contributed by atoms with E-state index in [-0.39, 0.29) is 30.9 Å². The van der Waals surface area contributed by atoms with Gasteiger partial charge in [0.1, 0.15) is 6.61 Å². The number of nitrogens with one attached hydrogen (secondary N) is 2. The molecule has 3 rings (SSSR count). The Labute approximate surface area is 188 Å². The molecule has 0 aliphatic heterocycles. The molecular formula is C25H30N2O5. The van der Waals surface area contributed by atoms with Crippen LogP contribution in [0.4, 0.5) is 4.79 Å². The summed E-state index contributed by atoms with van der Waals surface area (Å²) in [7, 11) is 0. The van der Waals surface area contributed by atoms with Crippen LogP contribution in [0.25, 0.3) is 11.1 Å². The van der Waals surface area contributed by atoms with E-state index in [9.17, 15) is 14.4 Å². The van der Waals surface area contributed by atoms with Crippen LogP contribution in [-0.4, -0.2) is 42.8 Å². The maximum atomic E-state index is 12.2. The van der Waals surface area contributed by atoms with Crippen molar-refractivity contribution in [2.45, 2.75) is 32.6 Å². The van der Waals surface area contributed by atoms with Gasteiger partial charge in [0.05, 0.1) is 5.92 Å². The summed E-state index contributed by atoms with van der Waals surface area (Å²) in [6, 6.07) is 16.3. The van der Waals surface area contributed by atoms with E-state index >= 15 is 0 Å². The first kappa shape index (κ1) is 23.3. The highest BCUT2D eigenvalue weighted by Crippen LogP contribution is 2.44. The zero-order valence-electron chi connectivity index (χ0n) is 18.5. The molecule has 32 heavy (non-hydrogen) atoms. The van der Waals surface area contributed by atoms with Crippen LogP contribution >= 0.6 is 0 Å². The Morgan fingerprint density at radius 3 is 2.16 bits per heavy atom. The van der Waals surface area contributed by atoms with Crippen LogP contribution in [0, 0.1) is 11.8 Å². The van der Waals surface area contributed by atoms with Gasteiger partial charge < -0.3 is 20.5 Å². The molecule has 2 amide bonds. The van der Waals surface area contributed by atoms with Crippen molar-refractivity contribution in [2.24, 2.45) is 11.8 Å². The topological polar surface area (TPSA) is 105 Å². The van der Waals surface area contributed by atoms with Crippen molar-refractivity contribution in [3.05, 3.63) is 59.7 Å². The molecule has 0 saturated heterocycles. The number of alkyl carbamates (subject to hydrolysis) is 1. The monoisotopic (exact) mass is 438 g/mol. The number of hydrogen-bond acceptors (Lipinski definition) is 4. The Hall–Kier alpha value is -3.35. The van der Waals surface area contributed by atoms with Crippen LogP contribution < -0.4 is 10.6 Å². The Bertz CT molecular complexity index is 929. The maximum absolute atomic E-state index is 12.2. The Balaban J connectivity index is 1.43. The van der Waals surface area contributed by atoms with Gasteiger partial charge in [-0.1, -0.05) is 62.4 Å². The number of benzene rings is 2. The average Bonchev–Trinajstić information content (AvgIpc) is 3.11. The molecule has 1 aliphatic carbocycles. The molecule has 2 unspecified atom stereocenters. The largest absolute Gasteiger partial charge is 0.481 e. The molecule has 0 radical (unpaired) electrons. The van der Waals surface area contributed by atoms with Crippen LogP contribution in [0.1, 0.15) is 43.7 Å². The van der Waals surface area contributed by atoms with Gasteiger partial charge in [0.15, 0.2) is 0 Å². The van der Waals surface area contributed by atoms with Crippen molar-refractivity contribution in [3.8, 4) is 11.1 Å². The van der Waals surface area contributed by atoms with Gasteiger partial charge in [0.25, 0.3) is 0 Å². The van der Waals surface area contributed by atoms with Crippen molar-refractivity contribution in [2.75, 3.05) is 19.7 Å². The summed E-state index contributed by atoms with van der Waals surface area (Å²) in [6.07, 6.45) is 0.365. The lowest BCUT2D eigenvalue weighted by molar-refractivity contribution is -0.141. The van der Waals surface area contributed by atoms with E-state index in [2.05, 4.69) is 34.9 Å². The molecule has 3 N–H and O–H groups in total. The number of hydrogen-bond donors (Lipinski definition) is 3. The first-order valence-corrected chi connectivity index (χ1v) is 11.0. The summed E-state index contributed by atoms with van der Waals surface area (Å²) in [4.78, 5) is 35.4. The van der Waals surface area contributed by atoms with Crippen LogP contribution in [0.5, 0.6) is 0 Å². The normalized spacial score (nSPS) is 14.1. The van der Waals surface area contributed by atoms with Gasteiger partial charge in [0, 0.05) is 24.9 Å². The second-order valence-electron chi connectivity index (χ2n) is 8.13. The van der Waals surface area contributed by atoms with Crippen LogP contribution in [0.15, 0.2) is 48.5 Å². The molecule has 7 nitrogen and oxygen atoms in total. The molecule has 7 heteroatoms. The number of carboxylic acids is 1. The van der Waals surface area contributed by atoms with E-state index < -0.39 is 18.0 Å². The number of rotatable bonds is 10. The molecule has 0 bridgehead atoms. The van der Waals surface area contributed by atoms with Gasteiger partial charge >= 0.3 is 12.1 Å². The highest BCUT2D eigenvalue weighted by atomic mass is 16.5. The van der Waals surface area contributed by atoms with Crippen LogP contribution in [0.3, 0.4) is 0 Å². The standard InChI is InChI=1S/C25H30N2O5/c1-3-17(24(29)30)14-27-23(28)16(2)12-13-26-25(31)32-15-22-20-10-6-4-8-18(20)19-9-5-7-11-21(19)22/h4-11,16-17,22H,3,12-15H2,1-2H3,(H,26,31)(H,27,28)(H,29,30). The molecule has 2 aromatic rings.